The summed E-state index contributed by atoms with van der Waals surface area (Å²) in [5.74, 6) is 0. The lowest BCUT2D eigenvalue weighted by atomic mass is 9.96. The number of nitrogens with zero attached hydrogens (tertiary/aromatic N) is 1. The van der Waals surface area contributed by atoms with Crippen molar-refractivity contribution in [3.05, 3.63) is 11.2 Å². The van der Waals surface area contributed by atoms with Crippen LogP contribution < -0.4 is 4.72 Å². The molecule has 2 N–H and O–H groups in total. The fourth-order valence-corrected chi connectivity index (χ4v) is 3.28. The highest BCUT2D eigenvalue weighted by molar-refractivity contribution is 7.91. The van der Waals surface area contributed by atoms with Gasteiger partial charge in [-0.05, 0) is 6.92 Å². The van der Waals surface area contributed by atoms with Gasteiger partial charge in [0.2, 0.25) is 0 Å². The molecule has 0 saturated carbocycles. The molecule has 5 nitrogen and oxygen atoms in total. The van der Waals surface area contributed by atoms with E-state index in [9.17, 15) is 8.42 Å². The Kier molecular flexibility index (Phi) is 4.06. The highest BCUT2D eigenvalue weighted by Gasteiger charge is 2.22. The summed E-state index contributed by atoms with van der Waals surface area (Å²) in [6.45, 7) is 5.45. The summed E-state index contributed by atoms with van der Waals surface area (Å²) in [6.07, 6.45) is 1.34. The second-order valence-electron chi connectivity index (χ2n) is 4.35. The second kappa shape index (κ2) is 4.79. The molecular formula is C9H16N2O3S2. The first-order chi connectivity index (χ1) is 7.27. The Morgan fingerprint density at radius 1 is 1.56 bits per heavy atom. The van der Waals surface area contributed by atoms with E-state index in [1.165, 1.54) is 6.20 Å². The van der Waals surface area contributed by atoms with Crippen LogP contribution in [0.4, 0.5) is 0 Å². The maximum atomic E-state index is 11.8. The van der Waals surface area contributed by atoms with Gasteiger partial charge in [-0.15, -0.1) is 11.3 Å². The molecule has 0 unspecified atom stereocenters. The Balaban J connectivity index is 2.74. The highest BCUT2D eigenvalue weighted by atomic mass is 32.2. The number of aliphatic hydroxyl groups is 1. The Labute approximate surface area is 99.6 Å². The van der Waals surface area contributed by atoms with Gasteiger partial charge in [0.15, 0.2) is 4.21 Å². The van der Waals surface area contributed by atoms with Crippen LogP contribution in [0, 0.1) is 12.3 Å². The van der Waals surface area contributed by atoms with Crippen molar-refractivity contribution in [2.24, 2.45) is 5.41 Å². The number of sulfonamides is 1. The molecule has 0 spiro atoms. The summed E-state index contributed by atoms with van der Waals surface area (Å²) in [4.78, 5) is 3.90. The molecule has 0 aliphatic heterocycles. The fraction of sp³-hybridized carbons (Fsp3) is 0.667. The lowest BCUT2D eigenvalue weighted by Gasteiger charge is -2.21. The molecule has 92 valence electrons. The van der Waals surface area contributed by atoms with E-state index in [0.717, 1.165) is 11.3 Å². The lowest BCUT2D eigenvalue weighted by Crippen LogP contribution is -2.35. The van der Waals surface area contributed by atoms with E-state index in [1.807, 2.05) is 0 Å². The molecule has 0 fully saturated rings. The highest BCUT2D eigenvalue weighted by Crippen LogP contribution is 2.19. The summed E-state index contributed by atoms with van der Waals surface area (Å²) < 4.78 is 26.2. The van der Waals surface area contributed by atoms with Crippen LogP contribution in [0.2, 0.25) is 0 Å². The summed E-state index contributed by atoms with van der Waals surface area (Å²) in [6, 6.07) is 0. The Morgan fingerprint density at radius 3 is 2.62 bits per heavy atom. The molecule has 0 amide bonds. The lowest BCUT2D eigenvalue weighted by molar-refractivity contribution is 0.163. The number of rotatable bonds is 5. The predicted molar refractivity (Wildman–Crippen MR) is 62.9 cm³/mol. The fourth-order valence-electron chi connectivity index (χ4n) is 0.884. The van der Waals surface area contributed by atoms with Crippen LogP contribution in [0.3, 0.4) is 0 Å². The van der Waals surface area contributed by atoms with Crippen LogP contribution in [0.25, 0.3) is 0 Å². The number of thiazole rings is 1. The van der Waals surface area contributed by atoms with Crippen molar-refractivity contribution in [2.75, 3.05) is 13.2 Å². The number of hydrogen-bond donors (Lipinski definition) is 2. The zero-order chi connectivity index (χ0) is 12.4. The summed E-state index contributed by atoms with van der Waals surface area (Å²) in [5.41, 5.74) is -0.465. The van der Waals surface area contributed by atoms with E-state index in [2.05, 4.69) is 9.71 Å². The van der Waals surface area contributed by atoms with Crippen LogP contribution in [0.15, 0.2) is 10.4 Å². The molecule has 7 heteroatoms. The van der Waals surface area contributed by atoms with Gasteiger partial charge in [0, 0.05) is 18.6 Å². The monoisotopic (exact) mass is 264 g/mol. The number of aromatic nitrogens is 1. The van der Waals surface area contributed by atoms with Crippen LogP contribution in [-0.2, 0) is 10.0 Å². The summed E-state index contributed by atoms with van der Waals surface area (Å²) in [5, 5.41) is 9.73. The maximum absolute atomic E-state index is 11.8. The van der Waals surface area contributed by atoms with Crippen LogP contribution in [-0.4, -0.2) is 31.7 Å². The molecule has 1 aromatic rings. The van der Waals surface area contributed by atoms with E-state index in [4.69, 9.17) is 5.11 Å². The molecule has 0 aliphatic rings. The van der Waals surface area contributed by atoms with Gasteiger partial charge >= 0.3 is 0 Å². The maximum Gasteiger partial charge on any atom is 0.251 e. The SMILES string of the molecule is Cc1ncc(S(=O)(=O)NCC(C)(C)CO)s1. The molecular weight excluding hydrogens is 248 g/mol. The predicted octanol–water partition coefficient (Wildman–Crippen LogP) is 0.748. The van der Waals surface area contributed by atoms with Crippen molar-refractivity contribution in [1.29, 1.82) is 0 Å². The van der Waals surface area contributed by atoms with Crippen molar-refractivity contribution in [1.82, 2.24) is 9.71 Å². The van der Waals surface area contributed by atoms with E-state index in [0.29, 0.717) is 5.01 Å². The van der Waals surface area contributed by atoms with Gasteiger partial charge < -0.3 is 5.11 Å². The average Bonchev–Trinajstić information content (AvgIpc) is 2.63. The number of nitrogens with one attached hydrogen (secondary N) is 1. The van der Waals surface area contributed by atoms with Gasteiger partial charge in [0.25, 0.3) is 10.0 Å². The Morgan fingerprint density at radius 2 is 2.19 bits per heavy atom. The molecule has 0 aromatic carbocycles. The van der Waals surface area contributed by atoms with E-state index in [-0.39, 0.29) is 17.4 Å². The van der Waals surface area contributed by atoms with Crippen LogP contribution in [0.5, 0.6) is 0 Å². The van der Waals surface area contributed by atoms with Gasteiger partial charge in [-0.25, -0.2) is 18.1 Å². The van der Waals surface area contributed by atoms with E-state index >= 15 is 0 Å². The van der Waals surface area contributed by atoms with Crippen LogP contribution >= 0.6 is 11.3 Å². The molecule has 0 saturated heterocycles. The minimum Gasteiger partial charge on any atom is -0.396 e. The van der Waals surface area contributed by atoms with Gasteiger partial charge in [-0.2, -0.15) is 0 Å². The number of hydrogen-bond acceptors (Lipinski definition) is 5. The first-order valence-electron chi connectivity index (χ1n) is 4.80. The third-order valence-electron chi connectivity index (χ3n) is 2.03. The molecule has 0 radical (unpaired) electrons. The van der Waals surface area contributed by atoms with Crippen molar-refractivity contribution < 1.29 is 13.5 Å². The summed E-state index contributed by atoms with van der Waals surface area (Å²) in [7, 11) is -3.49. The average molecular weight is 264 g/mol. The van der Waals surface area contributed by atoms with Gasteiger partial charge in [-0.3, -0.25) is 0 Å². The van der Waals surface area contributed by atoms with Crippen molar-refractivity contribution >= 4 is 21.4 Å². The van der Waals surface area contributed by atoms with Gasteiger partial charge in [0.05, 0.1) is 11.2 Å². The summed E-state index contributed by atoms with van der Waals surface area (Å²) >= 11 is 1.13. The van der Waals surface area contributed by atoms with E-state index in [1.54, 1.807) is 20.8 Å². The normalized spacial score (nSPS) is 13.0. The molecule has 16 heavy (non-hydrogen) atoms. The van der Waals surface area contributed by atoms with Crippen molar-refractivity contribution in [2.45, 2.75) is 25.0 Å². The third-order valence-corrected chi connectivity index (χ3v) is 4.81. The standard InChI is InChI=1S/C9H16N2O3S2/c1-7-10-4-8(15-7)16(13,14)11-5-9(2,3)6-12/h4,11-12H,5-6H2,1-3H3. The zero-order valence-electron chi connectivity index (χ0n) is 9.52. The van der Waals surface area contributed by atoms with E-state index < -0.39 is 15.4 Å². The zero-order valence-corrected chi connectivity index (χ0v) is 11.2. The Hall–Kier alpha value is -0.500. The molecule has 0 atom stereocenters. The molecule has 0 bridgehead atoms. The molecule has 1 aromatic heterocycles. The number of aryl methyl sites for hydroxylation is 1. The number of aliphatic hydroxyl groups excluding tert-OH is 1. The minimum absolute atomic E-state index is 0.0722. The van der Waals surface area contributed by atoms with Crippen molar-refractivity contribution in [3.63, 3.8) is 0 Å². The second-order valence-corrected chi connectivity index (χ2v) is 7.57. The minimum atomic E-state index is -3.49. The van der Waals surface area contributed by atoms with Gasteiger partial charge in [0.1, 0.15) is 0 Å². The first-order valence-corrected chi connectivity index (χ1v) is 7.10. The smallest absolute Gasteiger partial charge is 0.251 e. The third kappa shape index (κ3) is 3.51. The molecule has 0 aliphatic carbocycles. The van der Waals surface area contributed by atoms with Crippen LogP contribution in [0.1, 0.15) is 18.9 Å². The largest absolute Gasteiger partial charge is 0.396 e. The van der Waals surface area contributed by atoms with Crippen molar-refractivity contribution in [3.8, 4) is 0 Å². The molecule has 1 rings (SSSR count). The topological polar surface area (TPSA) is 79.3 Å². The first kappa shape index (κ1) is 13.6. The van der Waals surface area contributed by atoms with Gasteiger partial charge in [-0.1, -0.05) is 13.8 Å². The molecule has 1 heterocycles. The quantitative estimate of drug-likeness (QED) is 0.822. The Bertz CT molecular complexity index is 451.